The number of esters is 1. The zero-order chi connectivity index (χ0) is 17.9. The number of thiophene rings is 1. The lowest BCUT2D eigenvalue weighted by Gasteiger charge is -2.39. The third kappa shape index (κ3) is 3.88. The standard InChI is InChI=1S/C19H20ClNO3S/c1-21(12-16-4-2-11-25-16)17(22)13-24-18(23)19(9-3-10-19)14-5-7-15(20)8-6-14/h2,4-8,11H,3,9-10,12-13H2,1H3. The van der Waals surface area contributed by atoms with Gasteiger partial charge in [0.05, 0.1) is 12.0 Å². The minimum atomic E-state index is -0.628. The second kappa shape index (κ2) is 7.58. The molecule has 0 saturated heterocycles. The number of hydrogen-bond donors (Lipinski definition) is 0. The fourth-order valence-corrected chi connectivity index (χ4v) is 3.89. The topological polar surface area (TPSA) is 46.6 Å². The highest BCUT2D eigenvalue weighted by Gasteiger charge is 2.47. The van der Waals surface area contributed by atoms with E-state index in [0.29, 0.717) is 11.6 Å². The maximum Gasteiger partial charge on any atom is 0.317 e. The molecule has 0 N–H and O–H groups in total. The van der Waals surface area contributed by atoms with Gasteiger partial charge in [-0.1, -0.05) is 36.2 Å². The Morgan fingerprint density at radius 3 is 2.52 bits per heavy atom. The summed E-state index contributed by atoms with van der Waals surface area (Å²) in [5.41, 5.74) is 0.282. The number of ether oxygens (including phenoxy) is 1. The van der Waals surface area contributed by atoms with Crippen molar-refractivity contribution >= 4 is 34.8 Å². The summed E-state index contributed by atoms with van der Waals surface area (Å²) in [6.07, 6.45) is 2.46. The molecule has 0 unspecified atom stereocenters. The van der Waals surface area contributed by atoms with Gasteiger partial charge in [0, 0.05) is 16.9 Å². The first-order valence-corrected chi connectivity index (χ1v) is 9.47. The van der Waals surface area contributed by atoms with E-state index in [1.807, 2.05) is 29.6 Å². The van der Waals surface area contributed by atoms with Gasteiger partial charge in [-0.15, -0.1) is 11.3 Å². The summed E-state index contributed by atoms with van der Waals surface area (Å²) in [7, 11) is 1.72. The van der Waals surface area contributed by atoms with Crippen LogP contribution in [0.1, 0.15) is 29.7 Å². The van der Waals surface area contributed by atoms with E-state index < -0.39 is 5.41 Å². The number of carbonyl (C=O) groups is 2. The van der Waals surface area contributed by atoms with E-state index in [0.717, 1.165) is 29.7 Å². The van der Waals surface area contributed by atoms with Crippen LogP contribution in [0.3, 0.4) is 0 Å². The molecule has 3 rings (SSSR count). The molecule has 0 spiro atoms. The molecule has 4 nitrogen and oxygen atoms in total. The number of nitrogens with zero attached hydrogens (tertiary/aromatic N) is 1. The molecule has 132 valence electrons. The molecule has 1 fully saturated rings. The van der Waals surface area contributed by atoms with E-state index in [1.165, 1.54) is 0 Å². The monoisotopic (exact) mass is 377 g/mol. The van der Waals surface area contributed by atoms with E-state index in [4.69, 9.17) is 16.3 Å². The lowest BCUT2D eigenvalue weighted by molar-refractivity contribution is -0.160. The first-order chi connectivity index (χ1) is 12.0. The molecule has 0 bridgehead atoms. The third-order valence-corrected chi connectivity index (χ3v) is 5.83. The van der Waals surface area contributed by atoms with Gasteiger partial charge in [-0.05, 0) is 42.0 Å². The molecular weight excluding hydrogens is 358 g/mol. The fourth-order valence-electron chi connectivity index (χ4n) is 3.01. The van der Waals surface area contributed by atoms with Crippen molar-refractivity contribution < 1.29 is 14.3 Å². The predicted molar refractivity (Wildman–Crippen MR) is 98.7 cm³/mol. The Hall–Kier alpha value is -1.85. The van der Waals surface area contributed by atoms with Gasteiger partial charge in [-0.25, -0.2) is 0 Å². The number of rotatable bonds is 6. The molecule has 2 aromatic rings. The van der Waals surface area contributed by atoms with Gasteiger partial charge in [0.25, 0.3) is 5.91 Å². The quantitative estimate of drug-likeness (QED) is 0.714. The van der Waals surface area contributed by atoms with Crippen molar-refractivity contribution in [2.45, 2.75) is 31.2 Å². The van der Waals surface area contributed by atoms with Crippen molar-refractivity contribution in [3.63, 3.8) is 0 Å². The zero-order valence-electron chi connectivity index (χ0n) is 14.0. The minimum Gasteiger partial charge on any atom is -0.455 e. The highest BCUT2D eigenvalue weighted by Crippen LogP contribution is 2.45. The van der Waals surface area contributed by atoms with Crippen LogP contribution < -0.4 is 0 Å². The van der Waals surface area contributed by atoms with Crippen LogP contribution in [0.15, 0.2) is 41.8 Å². The molecule has 1 heterocycles. The molecule has 0 aliphatic heterocycles. The summed E-state index contributed by atoms with van der Waals surface area (Å²) in [4.78, 5) is 27.6. The van der Waals surface area contributed by atoms with Crippen LogP contribution in [0.4, 0.5) is 0 Å². The van der Waals surface area contributed by atoms with E-state index >= 15 is 0 Å². The van der Waals surface area contributed by atoms with Crippen molar-refractivity contribution in [3.8, 4) is 0 Å². The Morgan fingerprint density at radius 2 is 1.96 bits per heavy atom. The van der Waals surface area contributed by atoms with Crippen LogP contribution in [0, 0.1) is 0 Å². The molecule has 1 aliphatic rings. The first-order valence-electron chi connectivity index (χ1n) is 8.21. The normalized spacial score (nSPS) is 15.3. The number of amides is 1. The SMILES string of the molecule is CN(Cc1cccs1)C(=O)COC(=O)C1(c2ccc(Cl)cc2)CCC1. The van der Waals surface area contributed by atoms with Crippen molar-refractivity contribution in [3.05, 3.63) is 57.2 Å². The highest BCUT2D eigenvalue weighted by molar-refractivity contribution is 7.09. The molecule has 1 aromatic carbocycles. The molecule has 1 saturated carbocycles. The smallest absolute Gasteiger partial charge is 0.317 e. The Balaban J connectivity index is 1.59. The number of likely N-dealkylation sites (N-methyl/N-ethyl adjacent to an activating group) is 1. The second-order valence-corrected chi connectivity index (χ2v) is 7.82. The molecule has 0 atom stereocenters. The number of carbonyl (C=O) groups excluding carboxylic acids is 2. The fraction of sp³-hybridized carbons (Fsp3) is 0.368. The predicted octanol–water partition coefficient (Wildman–Crippen LogP) is 4.03. The summed E-state index contributed by atoms with van der Waals surface area (Å²) < 4.78 is 5.38. The largest absolute Gasteiger partial charge is 0.455 e. The van der Waals surface area contributed by atoms with Gasteiger partial charge >= 0.3 is 5.97 Å². The van der Waals surface area contributed by atoms with Gasteiger partial charge < -0.3 is 9.64 Å². The molecule has 1 amide bonds. The Labute approximate surface area is 156 Å². The van der Waals surface area contributed by atoms with Crippen molar-refractivity contribution in [1.29, 1.82) is 0 Å². The molecule has 1 aromatic heterocycles. The molecule has 6 heteroatoms. The van der Waals surface area contributed by atoms with Gasteiger partial charge in [0.15, 0.2) is 6.61 Å². The maximum absolute atomic E-state index is 12.7. The van der Waals surface area contributed by atoms with Gasteiger partial charge in [-0.2, -0.15) is 0 Å². The first kappa shape index (κ1) is 18.0. The molecule has 0 radical (unpaired) electrons. The van der Waals surface area contributed by atoms with E-state index in [-0.39, 0.29) is 18.5 Å². The van der Waals surface area contributed by atoms with Crippen LogP contribution in [-0.4, -0.2) is 30.4 Å². The number of halogens is 1. The minimum absolute atomic E-state index is 0.202. The van der Waals surface area contributed by atoms with Gasteiger partial charge in [0.2, 0.25) is 0 Å². The number of hydrogen-bond acceptors (Lipinski definition) is 4. The summed E-state index contributed by atoms with van der Waals surface area (Å²) in [5, 5.41) is 2.61. The van der Waals surface area contributed by atoms with Crippen LogP contribution in [0.25, 0.3) is 0 Å². The Kier molecular flexibility index (Phi) is 5.45. The van der Waals surface area contributed by atoms with Crippen LogP contribution in [0.5, 0.6) is 0 Å². The van der Waals surface area contributed by atoms with E-state index in [1.54, 1.807) is 35.4 Å². The summed E-state index contributed by atoms with van der Waals surface area (Å²) in [6, 6.07) is 11.2. The van der Waals surface area contributed by atoms with Crippen LogP contribution in [0.2, 0.25) is 5.02 Å². The summed E-state index contributed by atoms with van der Waals surface area (Å²) in [5.74, 6) is -0.522. The average Bonchev–Trinajstić information content (AvgIpc) is 3.06. The van der Waals surface area contributed by atoms with Gasteiger partial charge in [-0.3, -0.25) is 9.59 Å². The van der Waals surface area contributed by atoms with Crippen LogP contribution in [-0.2, 0) is 26.3 Å². The van der Waals surface area contributed by atoms with Crippen molar-refractivity contribution in [2.75, 3.05) is 13.7 Å². The zero-order valence-corrected chi connectivity index (χ0v) is 15.6. The third-order valence-electron chi connectivity index (χ3n) is 4.72. The molecular formula is C19H20ClNO3S. The van der Waals surface area contributed by atoms with Crippen molar-refractivity contribution in [2.24, 2.45) is 0 Å². The Bertz CT molecular complexity index is 739. The van der Waals surface area contributed by atoms with E-state index in [2.05, 4.69) is 0 Å². The van der Waals surface area contributed by atoms with Crippen molar-refractivity contribution in [1.82, 2.24) is 4.90 Å². The second-order valence-electron chi connectivity index (χ2n) is 6.35. The highest BCUT2D eigenvalue weighted by atomic mass is 35.5. The lowest BCUT2D eigenvalue weighted by Crippen LogP contribution is -2.45. The van der Waals surface area contributed by atoms with Crippen LogP contribution >= 0.6 is 22.9 Å². The van der Waals surface area contributed by atoms with Gasteiger partial charge in [0.1, 0.15) is 0 Å². The molecule has 25 heavy (non-hydrogen) atoms. The number of benzene rings is 1. The summed E-state index contributed by atoms with van der Waals surface area (Å²) in [6.45, 7) is 0.298. The summed E-state index contributed by atoms with van der Waals surface area (Å²) >= 11 is 7.53. The molecule has 1 aliphatic carbocycles. The van der Waals surface area contributed by atoms with E-state index in [9.17, 15) is 9.59 Å². The Morgan fingerprint density at radius 1 is 1.24 bits per heavy atom. The average molecular weight is 378 g/mol. The maximum atomic E-state index is 12.7. The lowest BCUT2D eigenvalue weighted by atomic mass is 9.64.